The molecule has 0 saturated carbocycles. The Bertz CT molecular complexity index is 679. The van der Waals surface area contributed by atoms with Gasteiger partial charge in [-0.15, -0.1) is 0 Å². The molecule has 0 unspecified atom stereocenters. The van der Waals surface area contributed by atoms with Crippen molar-refractivity contribution in [2.75, 3.05) is 17.6 Å². The topological polar surface area (TPSA) is 24.1 Å². The zero-order chi connectivity index (χ0) is 16.7. The summed E-state index contributed by atoms with van der Waals surface area (Å²) in [5, 5.41) is 6.69. The average Bonchev–Trinajstić information content (AvgIpc) is 2.51. The van der Waals surface area contributed by atoms with Crippen molar-refractivity contribution in [2.24, 2.45) is 0 Å². The van der Waals surface area contributed by atoms with Crippen LogP contribution in [0.5, 0.6) is 0 Å². The van der Waals surface area contributed by atoms with Gasteiger partial charge in [0.2, 0.25) is 0 Å². The first-order chi connectivity index (χ1) is 11.0. The van der Waals surface area contributed by atoms with Crippen LogP contribution in [0.4, 0.5) is 10.1 Å². The molecule has 0 spiro atoms. The molecule has 0 aliphatic heterocycles. The molecular formula is C17H18ClFN2S2. The quantitative estimate of drug-likeness (QED) is 0.553. The van der Waals surface area contributed by atoms with E-state index in [1.54, 1.807) is 6.07 Å². The van der Waals surface area contributed by atoms with Gasteiger partial charge in [-0.05, 0) is 42.9 Å². The van der Waals surface area contributed by atoms with E-state index >= 15 is 0 Å². The smallest absolute Gasteiger partial charge is 0.170 e. The number of rotatable bonds is 6. The lowest BCUT2D eigenvalue weighted by Crippen LogP contribution is -2.30. The first-order valence-electron chi connectivity index (χ1n) is 7.18. The Hall–Kier alpha value is -1.30. The first-order valence-corrected chi connectivity index (χ1v) is 9.12. The lowest BCUT2D eigenvalue weighted by atomic mass is 10.2. The van der Waals surface area contributed by atoms with E-state index in [-0.39, 0.29) is 5.02 Å². The Morgan fingerprint density at radius 2 is 2.09 bits per heavy atom. The minimum atomic E-state index is -0.441. The Balaban J connectivity index is 1.65. The molecule has 0 aliphatic carbocycles. The molecule has 2 N–H and O–H groups in total. The van der Waals surface area contributed by atoms with Gasteiger partial charge < -0.3 is 10.6 Å². The predicted octanol–water partition coefficient (Wildman–Crippen LogP) is 5.01. The number of hydrogen-bond acceptors (Lipinski definition) is 2. The lowest BCUT2D eigenvalue weighted by molar-refractivity contribution is 0.628. The summed E-state index contributed by atoms with van der Waals surface area (Å²) in [6, 6.07) is 12.9. The van der Waals surface area contributed by atoms with Gasteiger partial charge in [0.1, 0.15) is 5.82 Å². The predicted molar refractivity (Wildman–Crippen MR) is 103 cm³/mol. The SMILES string of the molecule is Cc1cccc(CSCCNC(=S)Nc2ccc(F)c(Cl)c2)c1. The average molecular weight is 369 g/mol. The van der Waals surface area contributed by atoms with Gasteiger partial charge in [0.15, 0.2) is 5.11 Å². The summed E-state index contributed by atoms with van der Waals surface area (Å²) in [6.45, 7) is 2.86. The molecule has 6 heteroatoms. The maximum atomic E-state index is 13.1. The van der Waals surface area contributed by atoms with Gasteiger partial charge in [-0.25, -0.2) is 4.39 Å². The van der Waals surface area contributed by atoms with Gasteiger partial charge in [-0.3, -0.25) is 0 Å². The van der Waals surface area contributed by atoms with Crippen LogP contribution in [0, 0.1) is 12.7 Å². The third kappa shape index (κ3) is 6.37. The number of anilines is 1. The van der Waals surface area contributed by atoms with E-state index in [4.69, 9.17) is 23.8 Å². The van der Waals surface area contributed by atoms with E-state index in [0.717, 1.165) is 18.1 Å². The molecule has 2 aromatic carbocycles. The van der Waals surface area contributed by atoms with Crippen molar-refractivity contribution >= 4 is 46.4 Å². The molecule has 0 atom stereocenters. The normalized spacial score (nSPS) is 10.4. The highest BCUT2D eigenvalue weighted by Gasteiger charge is 2.02. The summed E-state index contributed by atoms with van der Waals surface area (Å²) >= 11 is 12.8. The molecule has 0 aliphatic rings. The van der Waals surface area contributed by atoms with Gasteiger partial charge in [0.05, 0.1) is 5.02 Å². The minimum Gasteiger partial charge on any atom is -0.362 e. The van der Waals surface area contributed by atoms with Crippen LogP contribution in [0.1, 0.15) is 11.1 Å². The number of hydrogen-bond donors (Lipinski definition) is 2. The number of nitrogens with one attached hydrogen (secondary N) is 2. The van der Waals surface area contributed by atoms with E-state index in [1.807, 2.05) is 11.8 Å². The molecule has 23 heavy (non-hydrogen) atoms. The summed E-state index contributed by atoms with van der Waals surface area (Å²) in [4.78, 5) is 0. The van der Waals surface area contributed by atoms with Crippen molar-refractivity contribution in [1.29, 1.82) is 0 Å². The van der Waals surface area contributed by atoms with Crippen LogP contribution in [-0.2, 0) is 5.75 Å². The van der Waals surface area contributed by atoms with E-state index in [0.29, 0.717) is 10.8 Å². The summed E-state index contributed by atoms with van der Waals surface area (Å²) < 4.78 is 13.1. The molecule has 0 bridgehead atoms. The second kappa shape index (κ2) is 9.11. The van der Waals surface area contributed by atoms with Crippen molar-refractivity contribution in [3.05, 3.63) is 64.4 Å². The Morgan fingerprint density at radius 1 is 1.26 bits per heavy atom. The number of aryl methyl sites for hydroxylation is 1. The fourth-order valence-corrected chi connectivity index (χ4v) is 3.18. The molecule has 2 nitrogen and oxygen atoms in total. The van der Waals surface area contributed by atoms with Crippen LogP contribution >= 0.6 is 35.6 Å². The fourth-order valence-electron chi connectivity index (χ4n) is 1.98. The maximum Gasteiger partial charge on any atom is 0.170 e. The second-order valence-corrected chi connectivity index (χ2v) is 6.97. The van der Waals surface area contributed by atoms with Crippen LogP contribution in [0.25, 0.3) is 0 Å². The third-order valence-corrected chi connectivity index (χ3v) is 4.63. The summed E-state index contributed by atoms with van der Waals surface area (Å²) in [5.74, 6) is 1.49. The standard InChI is InChI=1S/C17H18ClFN2S2/c1-12-3-2-4-13(9-12)11-23-8-7-20-17(22)21-14-5-6-16(19)15(18)10-14/h2-6,9-10H,7-8,11H2,1H3,(H2,20,21,22). The van der Waals surface area contributed by atoms with Crippen molar-refractivity contribution in [3.63, 3.8) is 0 Å². The largest absolute Gasteiger partial charge is 0.362 e. The number of benzene rings is 2. The number of halogens is 2. The molecule has 0 aromatic heterocycles. The van der Waals surface area contributed by atoms with Crippen LogP contribution in [0.2, 0.25) is 5.02 Å². The van der Waals surface area contributed by atoms with E-state index in [2.05, 4.69) is 41.8 Å². The summed E-state index contributed by atoms with van der Waals surface area (Å²) in [7, 11) is 0. The highest BCUT2D eigenvalue weighted by Crippen LogP contribution is 2.19. The lowest BCUT2D eigenvalue weighted by Gasteiger charge is -2.11. The molecule has 0 saturated heterocycles. The van der Waals surface area contributed by atoms with Crippen molar-refractivity contribution < 1.29 is 4.39 Å². The summed E-state index contributed by atoms with van der Waals surface area (Å²) in [6.07, 6.45) is 0. The van der Waals surface area contributed by atoms with Crippen LogP contribution in [0.15, 0.2) is 42.5 Å². The first kappa shape index (κ1) is 18.0. The fraction of sp³-hybridized carbons (Fsp3) is 0.235. The molecular weight excluding hydrogens is 351 g/mol. The molecule has 0 amide bonds. The zero-order valence-corrected chi connectivity index (χ0v) is 15.1. The van der Waals surface area contributed by atoms with Crippen LogP contribution in [0.3, 0.4) is 0 Å². The Kier molecular flexibility index (Phi) is 7.15. The second-order valence-electron chi connectivity index (χ2n) is 5.05. The molecule has 2 rings (SSSR count). The van der Waals surface area contributed by atoms with E-state index in [9.17, 15) is 4.39 Å². The molecule has 0 heterocycles. The van der Waals surface area contributed by atoms with Crippen molar-refractivity contribution in [2.45, 2.75) is 12.7 Å². The highest BCUT2D eigenvalue weighted by molar-refractivity contribution is 7.98. The van der Waals surface area contributed by atoms with E-state index < -0.39 is 5.82 Å². The van der Waals surface area contributed by atoms with Gasteiger partial charge >= 0.3 is 0 Å². The van der Waals surface area contributed by atoms with Crippen molar-refractivity contribution in [1.82, 2.24) is 5.32 Å². The molecule has 0 fully saturated rings. The Labute approximate surface area is 150 Å². The highest BCUT2D eigenvalue weighted by atomic mass is 35.5. The van der Waals surface area contributed by atoms with Crippen molar-refractivity contribution in [3.8, 4) is 0 Å². The van der Waals surface area contributed by atoms with Gasteiger partial charge in [-0.2, -0.15) is 11.8 Å². The van der Waals surface area contributed by atoms with E-state index in [1.165, 1.54) is 23.3 Å². The van der Waals surface area contributed by atoms with Gasteiger partial charge in [0, 0.05) is 23.7 Å². The maximum absolute atomic E-state index is 13.1. The number of thiocarbonyl (C=S) groups is 1. The minimum absolute atomic E-state index is 0.0755. The Morgan fingerprint density at radius 3 is 2.83 bits per heavy atom. The molecule has 122 valence electrons. The molecule has 2 aromatic rings. The van der Waals surface area contributed by atoms with Crippen LogP contribution < -0.4 is 10.6 Å². The van der Waals surface area contributed by atoms with Gasteiger partial charge in [-0.1, -0.05) is 41.4 Å². The monoisotopic (exact) mass is 368 g/mol. The third-order valence-electron chi connectivity index (χ3n) is 3.06. The van der Waals surface area contributed by atoms with Crippen LogP contribution in [-0.4, -0.2) is 17.4 Å². The summed E-state index contributed by atoms with van der Waals surface area (Å²) in [5.41, 5.74) is 3.28. The molecule has 0 radical (unpaired) electrons. The number of thioether (sulfide) groups is 1. The van der Waals surface area contributed by atoms with Gasteiger partial charge in [0.25, 0.3) is 0 Å². The zero-order valence-electron chi connectivity index (χ0n) is 12.7.